The van der Waals surface area contributed by atoms with Gasteiger partial charge in [0.15, 0.2) is 0 Å². The molecule has 0 unspecified atom stereocenters. The molecule has 0 saturated carbocycles. The van der Waals surface area contributed by atoms with E-state index in [0.717, 1.165) is 19.3 Å². The molecule has 110 valence electrons. The van der Waals surface area contributed by atoms with Crippen LogP contribution >= 0.6 is 0 Å². The standard InChI is InChI=1S/C17H24O3/c1-2-3-4-5-6-7-8-11-14-20-16-13-10-9-12-15(16)17(18)19/h2,9-10,12-13H,1,3-8,11,14H2,(H,18,19)/p-1. The third-order valence-electron chi connectivity index (χ3n) is 3.17. The number of aromatic carboxylic acids is 1. The number of para-hydroxylation sites is 1. The minimum Gasteiger partial charge on any atom is -0.545 e. The maximum atomic E-state index is 10.9. The number of rotatable bonds is 11. The number of carbonyl (C=O) groups excluding carboxylic acids is 1. The highest BCUT2D eigenvalue weighted by atomic mass is 16.5. The summed E-state index contributed by atoms with van der Waals surface area (Å²) in [6, 6.07) is 6.60. The molecule has 3 nitrogen and oxygen atoms in total. The van der Waals surface area contributed by atoms with Crippen LogP contribution in [0.3, 0.4) is 0 Å². The van der Waals surface area contributed by atoms with E-state index in [-0.39, 0.29) is 5.56 Å². The third kappa shape index (κ3) is 6.41. The van der Waals surface area contributed by atoms with E-state index in [1.807, 2.05) is 6.08 Å². The summed E-state index contributed by atoms with van der Waals surface area (Å²) in [6.45, 7) is 4.26. The van der Waals surface area contributed by atoms with Crippen molar-refractivity contribution in [1.29, 1.82) is 0 Å². The largest absolute Gasteiger partial charge is 0.545 e. The van der Waals surface area contributed by atoms with E-state index < -0.39 is 5.97 Å². The topological polar surface area (TPSA) is 49.4 Å². The Bertz CT molecular complexity index is 412. The summed E-state index contributed by atoms with van der Waals surface area (Å²) in [4.78, 5) is 10.9. The summed E-state index contributed by atoms with van der Waals surface area (Å²) in [6.07, 6.45) is 10.0. The molecule has 0 amide bonds. The van der Waals surface area contributed by atoms with Gasteiger partial charge in [-0.25, -0.2) is 0 Å². The van der Waals surface area contributed by atoms with Crippen LogP contribution < -0.4 is 9.84 Å². The van der Waals surface area contributed by atoms with Crippen molar-refractivity contribution in [1.82, 2.24) is 0 Å². The van der Waals surface area contributed by atoms with E-state index in [9.17, 15) is 9.90 Å². The quantitative estimate of drug-likeness (QED) is 0.459. The zero-order chi connectivity index (χ0) is 14.6. The average Bonchev–Trinajstić information content (AvgIpc) is 2.46. The van der Waals surface area contributed by atoms with Gasteiger partial charge in [0.25, 0.3) is 0 Å². The number of carboxylic acids is 1. The van der Waals surface area contributed by atoms with Gasteiger partial charge in [-0.05, 0) is 31.4 Å². The Morgan fingerprint density at radius 1 is 1.10 bits per heavy atom. The van der Waals surface area contributed by atoms with E-state index >= 15 is 0 Å². The molecular weight excluding hydrogens is 252 g/mol. The summed E-state index contributed by atoms with van der Waals surface area (Å²) in [5, 5.41) is 10.9. The summed E-state index contributed by atoms with van der Waals surface area (Å²) in [7, 11) is 0. The predicted molar refractivity (Wildman–Crippen MR) is 78.8 cm³/mol. The first kappa shape index (κ1) is 16.3. The first-order valence-electron chi connectivity index (χ1n) is 7.29. The number of hydrogen-bond acceptors (Lipinski definition) is 3. The van der Waals surface area contributed by atoms with Crippen molar-refractivity contribution >= 4 is 5.97 Å². The molecule has 1 rings (SSSR count). The molecule has 0 aliphatic carbocycles. The molecule has 0 aliphatic rings. The smallest absolute Gasteiger partial charge is 0.128 e. The number of benzene rings is 1. The minimum absolute atomic E-state index is 0.122. The van der Waals surface area contributed by atoms with E-state index in [2.05, 4.69) is 6.58 Å². The molecule has 0 fully saturated rings. The van der Waals surface area contributed by atoms with Crippen molar-refractivity contribution in [3.05, 3.63) is 42.5 Å². The Morgan fingerprint density at radius 2 is 1.75 bits per heavy atom. The van der Waals surface area contributed by atoms with Gasteiger partial charge in [-0.15, -0.1) is 6.58 Å². The normalized spacial score (nSPS) is 10.2. The molecule has 3 heteroatoms. The maximum absolute atomic E-state index is 10.9. The van der Waals surface area contributed by atoms with Crippen molar-refractivity contribution < 1.29 is 14.6 Å². The van der Waals surface area contributed by atoms with E-state index in [4.69, 9.17) is 4.74 Å². The summed E-state index contributed by atoms with van der Waals surface area (Å²) in [5.74, 6) is -0.790. The molecule has 0 spiro atoms. The Labute approximate surface area is 121 Å². The molecule has 0 bridgehead atoms. The van der Waals surface area contributed by atoms with Crippen LogP contribution in [0.1, 0.15) is 55.3 Å². The number of carbonyl (C=O) groups is 1. The van der Waals surface area contributed by atoms with Crippen LogP contribution in [-0.2, 0) is 0 Å². The van der Waals surface area contributed by atoms with Crippen LogP contribution in [0, 0.1) is 0 Å². The van der Waals surface area contributed by atoms with E-state index in [0.29, 0.717) is 12.4 Å². The maximum Gasteiger partial charge on any atom is 0.128 e. The van der Waals surface area contributed by atoms with E-state index in [1.54, 1.807) is 18.2 Å². The van der Waals surface area contributed by atoms with Crippen molar-refractivity contribution in [2.45, 2.75) is 44.9 Å². The second-order valence-electron chi connectivity index (χ2n) is 4.83. The lowest BCUT2D eigenvalue weighted by atomic mass is 10.1. The Hall–Kier alpha value is -1.77. The van der Waals surface area contributed by atoms with Gasteiger partial charge in [0.2, 0.25) is 0 Å². The highest BCUT2D eigenvalue weighted by molar-refractivity contribution is 5.89. The van der Waals surface area contributed by atoms with Crippen LogP contribution in [0.25, 0.3) is 0 Å². The number of allylic oxidation sites excluding steroid dienone is 1. The number of carboxylic acid groups (broad SMARTS) is 1. The first-order chi connectivity index (χ1) is 9.75. The van der Waals surface area contributed by atoms with Gasteiger partial charge in [-0.1, -0.05) is 43.9 Å². The Kier molecular flexibility index (Phi) is 8.20. The van der Waals surface area contributed by atoms with E-state index in [1.165, 1.54) is 31.7 Å². The highest BCUT2D eigenvalue weighted by Crippen LogP contribution is 2.17. The molecule has 0 aliphatic heterocycles. The monoisotopic (exact) mass is 275 g/mol. The molecule has 0 saturated heterocycles. The van der Waals surface area contributed by atoms with Crippen molar-refractivity contribution in [2.24, 2.45) is 0 Å². The fourth-order valence-electron chi connectivity index (χ4n) is 2.04. The lowest BCUT2D eigenvalue weighted by Gasteiger charge is -2.11. The lowest BCUT2D eigenvalue weighted by molar-refractivity contribution is -0.255. The second kappa shape index (κ2) is 10.1. The summed E-state index contributed by atoms with van der Waals surface area (Å²) >= 11 is 0. The number of unbranched alkanes of at least 4 members (excludes halogenated alkanes) is 6. The molecule has 0 atom stereocenters. The molecule has 0 heterocycles. The molecule has 0 N–H and O–H groups in total. The van der Waals surface area contributed by atoms with Crippen molar-refractivity contribution in [3.8, 4) is 5.75 Å². The number of hydrogen-bond donors (Lipinski definition) is 0. The van der Waals surface area contributed by atoms with Gasteiger partial charge in [-0.2, -0.15) is 0 Å². The molecule has 1 aromatic carbocycles. The van der Waals surface area contributed by atoms with Crippen LogP contribution in [0.5, 0.6) is 5.75 Å². The predicted octanol–water partition coefficient (Wildman–Crippen LogP) is 3.35. The lowest BCUT2D eigenvalue weighted by Crippen LogP contribution is -2.23. The van der Waals surface area contributed by atoms with Crippen LogP contribution in [0.15, 0.2) is 36.9 Å². The van der Waals surface area contributed by atoms with Gasteiger partial charge in [0.05, 0.1) is 12.6 Å². The molecule has 0 aromatic heterocycles. The SMILES string of the molecule is C=CCCCCCCCCOc1ccccc1C(=O)[O-]. The minimum atomic E-state index is -1.19. The van der Waals surface area contributed by atoms with Crippen LogP contribution in [-0.4, -0.2) is 12.6 Å². The molecule has 20 heavy (non-hydrogen) atoms. The Morgan fingerprint density at radius 3 is 2.45 bits per heavy atom. The van der Waals surface area contributed by atoms with Gasteiger partial charge < -0.3 is 14.6 Å². The fourth-order valence-corrected chi connectivity index (χ4v) is 2.04. The highest BCUT2D eigenvalue weighted by Gasteiger charge is 2.03. The average molecular weight is 275 g/mol. The van der Waals surface area contributed by atoms with Gasteiger partial charge in [-0.3, -0.25) is 0 Å². The summed E-state index contributed by atoms with van der Waals surface area (Å²) in [5.41, 5.74) is 0.122. The van der Waals surface area contributed by atoms with Crippen LogP contribution in [0.2, 0.25) is 0 Å². The summed E-state index contributed by atoms with van der Waals surface area (Å²) < 4.78 is 5.51. The van der Waals surface area contributed by atoms with Gasteiger partial charge >= 0.3 is 0 Å². The third-order valence-corrected chi connectivity index (χ3v) is 3.17. The first-order valence-corrected chi connectivity index (χ1v) is 7.29. The zero-order valence-electron chi connectivity index (χ0n) is 12.0. The molecule has 1 aromatic rings. The molecular formula is C17H23O3-. The van der Waals surface area contributed by atoms with Crippen molar-refractivity contribution in [2.75, 3.05) is 6.61 Å². The van der Waals surface area contributed by atoms with Crippen LogP contribution in [0.4, 0.5) is 0 Å². The fraction of sp³-hybridized carbons (Fsp3) is 0.471. The van der Waals surface area contributed by atoms with Gasteiger partial charge in [0, 0.05) is 5.56 Å². The number of ether oxygens (including phenoxy) is 1. The second-order valence-corrected chi connectivity index (χ2v) is 4.83. The Balaban J connectivity index is 2.12. The van der Waals surface area contributed by atoms with Crippen molar-refractivity contribution in [3.63, 3.8) is 0 Å². The zero-order valence-corrected chi connectivity index (χ0v) is 12.0. The van der Waals surface area contributed by atoms with Gasteiger partial charge in [0.1, 0.15) is 5.75 Å². The molecule has 0 radical (unpaired) electrons.